The van der Waals surface area contributed by atoms with Gasteiger partial charge in [0.2, 0.25) is 0 Å². The number of methoxy groups -OCH3 is 1. The quantitative estimate of drug-likeness (QED) is 0.808. The van der Waals surface area contributed by atoms with Crippen LogP contribution in [0.4, 0.5) is 0 Å². The van der Waals surface area contributed by atoms with Crippen LogP contribution in [0.3, 0.4) is 0 Å². The molecule has 0 radical (unpaired) electrons. The van der Waals surface area contributed by atoms with Crippen molar-refractivity contribution < 1.29 is 9.26 Å². The molecule has 4 nitrogen and oxygen atoms in total. The van der Waals surface area contributed by atoms with E-state index in [-0.39, 0.29) is 0 Å². The molecule has 0 bridgehead atoms. The second-order valence-electron chi connectivity index (χ2n) is 2.87. The first-order valence-electron chi connectivity index (χ1n) is 4.42. The van der Waals surface area contributed by atoms with Gasteiger partial charge in [-0.25, -0.2) is 0 Å². The van der Waals surface area contributed by atoms with Crippen LogP contribution in [0.25, 0.3) is 11.5 Å². The molecule has 2 aromatic rings. The van der Waals surface area contributed by atoms with Gasteiger partial charge in [-0.1, -0.05) is 17.3 Å². The molecule has 0 saturated carbocycles. The van der Waals surface area contributed by atoms with Crippen LogP contribution in [0.5, 0.6) is 5.75 Å². The highest BCUT2D eigenvalue weighted by Crippen LogP contribution is 2.27. The van der Waals surface area contributed by atoms with Crippen molar-refractivity contribution >= 4 is 12.6 Å². The maximum atomic E-state index is 5.20. The molecule has 1 aromatic carbocycles. The van der Waals surface area contributed by atoms with Crippen LogP contribution in [0.15, 0.2) is 28.8 Å². The fourth-order valence-corrected chi connectivity index (χ4v) is 1.38. The van der Waals surface area contributed by atoms with Crippen LogP contribution in [-0.2, 0) is 5.75 Å². The zero-order valence-corrected chi connectivity index (χ0v) is 9.07. The van der Waals surface area contributed by atoms with Crippen molar-refractivity contribution in [2.45, 2.75) is 5.75 Å². The molecule has 1 aromatic heterocycles. The fourth-order valence-electron chi connectivity index (χ4n) is 1.25. The topological polar surface area (TPSA) is 48.2 Å². The van der Waals surface area contributed by atoms with Crippen LogP contribution in [-0.4, -0.2) is 17.3 Å². The summed E-state index contributed by atoms with van der Waals surface area (Å²) in [5, 5.41) is 3.77. The first-order valence-corrected chi connectivity index (χ1v) is 5.05. The second-order valence-corrected chi connectivity index (χ2v) is 3.19. The molecule has 1 heterocycles. The number of benzene rings is 1. The number of para-hydroxylation sites is 1. The number of hydrogen-bond donors (Lipinski definition) is 1. The number of rotatable bonds is 3. The lowest BCUT2D eigenvalue weighted by Gasteiger charge is -2.02. The Hall–Kier alpha value is -1.49. The molecule has 15 heavy (non-hydrogen) atoms. The lowest BCUT2D eigenvalue weighted by molar-refractivity contribution is 0.403. The third kappa shape index (κ3) is 1.97. The normalized spacial score (nSPS) is 10.3. The Bertz CT molecular complexity index is 456. The zero-order chi connectivity index (χ0) is 10.7. The highest BCUT2D eigenvalue weighted by atomic mass is 32.1. The average molecular weight is 222 g/mol. The molecule has 5 heteroatoms. The van der Waals surface area contributed by atoms with Gasteiger partial charge in [-0.05, 0) is 12.1 Å². The first-order chi connectivity index (χ1) is 7.35. The van der Waals surface area contributed by atoms with Gasteiger partial charge in [0.1, 0.15) is 5.75 Å². The molecule has 0 spiro atoms. The van der Waals surface area contributed by atoms with Gasteiger partial charge in [0.15, 0.2) is 5.82 Å². The molecule has 2 rings (SSSR count). The Labute approximate surface area is 92.7 Å². The van der Waals surface area contributed by atoms with E-state index in [1.807, 2.05) is 24.3 Å². The molecule has 0 amide bonds. The maximum Gasteiger partial charge on any atom is 0.261 e. The van der Waals surface area contributed by atoms with E-state index in [1.165, 1.54) is 0 Å². The predicted molar refractivity (Wildman–Crippen MR) is 59.0 cm³/mol. The van der Waals surface area contributed by atoms with Gasteiger partial charge >= 0.3 is 0 Å². The Morgan fingerprint density at radius 2 is 2.20 bits per heavy atom. The van der Waals surface area contributed by atoms with Gasteiger partial charge in [-0.3, -0.25) is 0 Å². The monoisotopic (exact) mass is 222 g/mol. The van der Waals surface area contributed by atoms with Gasteiger partial charge in [0.25, 0.3) is 5.89 Å². The summed E-state index contributed by atoms with van der Waals surface area (Å²) < 4.78 is 10.3. The maximum absolute atomic E-state index is 5.20. The third-order valence-electron chi connectivity index (χ3n) is 1.95. The molecule has 78 valence electrons. The van der Waals surface area contributed by atoms with Gasteiger partial charge in [0, 0.05) is 0 Å². The van der Waals surface area contributed by atoms with E-state index in [2.05, 4.69) is 22.8 Å². The molecule has 0 fully saturated rings. The molecule has 0 atom stereocenters. The van der Waals surface area contributed by atoms with Crippen molar-refractivity contribution in [3.63, 3.8) is 0 Å². The van der Waals surface area contributed by atoms with Crippen molar-refractivity contribution in [3.8, 4) is 17.2 Å². The molecule has 0 aliphatic rings. The molecule has 0 aliphatic heterocycles. The van der Waals surface area contributed by atoms with E-state index in [0.29, 0.717) is 23.2 Å². The molecule has 0 unspecified atom stereocenters. The minimum absolute atomic E-state index is 0.455. The van der Waals surface area contributed by atoms with Crippen LogP contribution in [0.1, 0.15) is 5.82 Å². The van der Waals surface area contributed by atoms with Crippen LogP contribution >= 0.6 is 12.6 Å². The lowest BCUT2D eigenvalue weighted by atomic mass is 10.2. The molecule has 0 N–H and O–H groups in total. The number of aromatic nitrogens is 2. The average Bonchev–Trinajstić information content (AvgIpc) is 2.77. The van der Waals surface area contributed by atoms with Crippen molar-refractivity contribution in [1.29, 1.82) is 0 Å². The smallest absolute Gasteiger partial charge is 0.261 e. The summed E-state index contributed by atoms with van der Waals surface area (Å²) >= 11 is 4.07. The lowest BCUT2D eigenvalue weighted by Crippen LogP contribution is -1.87. The summed E-state index contributed by atoms with van der Waals surface area (Å²) in [6.45, 7) is 0. The Kier molecular flexibility index (Phi) is 2.91. The van der Waals surface area contributed by atoms with Crippen LogP contribution in [0, 0.1) is 0 Å². The van der Waals surface area contributed by atoms with Crippen LogP contribution < -0.4 is 4.74 Å². The van der Waals surface area contributed by atoms with Gasteiger partial charge in [-0.2, -0.15) is 17.6 Å². The third-order valence-corrected chi connectivity index (χ3v) is 2.23. The van der Waals surface area contributed by atoms with Gasteiger partial charge < -0.3 is 9.26 Å². The summed E-state index contributed by atoms with van der Waals surface area (Å²) in [6, 6.07) is 7.50. The number of hydrogen-bond acceptors (Lipinski definition) is 5. The van der Waals surface area contributed by atoms with Gasteiger partial charge in [0.05, 0.1) is 18.4 Å². The molecular weight excluding hydrogens is 212 g/mol. The fraction of sp³-hybridized carbons (Fsp3) is 0.200. The highest BCUT2D eigenvalue weighted by Gasteiger charge is 2.11. The van der Waals surface area contributed by atoms with E-state index >= 15 is 0 Å². The molecular formula is C10H10N2O2S. The standard InChI is InChI=1S/C10H10N2O2S/c1-13-8-5-3-2-4-7(8)10-11-9(6-15)12-14-10/h2-5,15H,6H2,1H3. The number of ether oxygens (including phenoxy) is 1. The Morgan fingerprint density at radius 3 is 2.87 bits per heavy atom. The second kappa shape index (κ2) is 4.35. The van der Waals surface area contributed by atoms with E-state index in [4.69, 9.17) is 9.26 Å². The molecule has 0 aliphatic carbocycles. The highest BCUT2D eigenvalue weighted by molar-refractivity contribution is 7.79. The zero-order valence-electron chi connectivity index (χ0n) is 8.17. The van der Waals surface area contributed by atoms with E-state index in [0.717, 1.165) is 5.56 Å². The van der Waals surface area contributed by atoms with Crippen molar-refractivity contribution in [2.75, 3.05) is 7.11 Å². The minimum Gasteiger partial charge on any atom is -0.496 e. The predicted octanol–water partition coefficient (Wildman–Crippen LogP) is 2.18. The SMILES string of the molecule is COc1ccccc1-c1nc(CS)no1. The van der Waals surface area contributed by atoms with Crippen molar-refractivity contribution in [1.82, 2.24) is 10.1 Å². The summed E-state index contributed by atoms with van der Waals surface area (Å²) in [5.74, 6) is 2.20. The Balaban J connectivity index is 2.44. The summed E-state index contributed by atoms with van der Waals surface area (Å²) in [5.41, 5.74) is 0.792. The van der Waals surface area contributed by atoms with Gasteiger partial charge in [-0.15, -0.1) is 0 Å². The minimum atomic E-state index is 0.455. The van der Waals surface area contributed by atoms with Crippen LogP contribution in [0.2, 0.25) is 0 Å². The van der Waals surface area contributed by atoms with E-state index in [9.17, 15) is 0 Å². The first kappa shape index (κ1) is 10.0. The summed E-state index contributed by atoms with van der Waals surface area (Å²) in [6.07, 6.45) is 0. The van der Waals surface area contributed by atoms with Crippen molar-refractivity contribution in [3.05, 3.63) is 30.1 Å². The van der Waals surface area contributed by atoms with E-state index in [1.54, 1.807) is 7.11 Å². The van der Waals surface area contributed by atoms with Crippen molar-refractivity contribution in [2.24, 2.45) is 0 Å². The van der Waals surface area contributed by atoms with E-state index < -0.39 is 0 Å². The number of nitrogens with zero attached hydrogens (tertiary/aromatic N) is 2. The molecule has 0 saturated heterocycles. The number of thiol groups is 1. The summed E-state index contributed by atoms with van der Waals surface area (Å²) in [4.78, 5) is 4.17. The Morgan fingerprint density at radius 1 is 1.40 bits per heavy atom. The largest absolute Gasteiger partial charge is 0.496 e. The summed E-state index contributed by atoms with van der Waals surface area (Å²) in [7, 11) is 1.61.